The van der Waals surface area contributed by atoms with Crippen LogP contribution >= 0.6 is 0 Å². The SMILES string of the molecule is C[C@]1(OCCCN2CCOCC2)C(=O)N(Cc2ccccc2)c2ccccc21. The highest BCUT2D eigenvalue weighted by Gasteiger charge is 2.48. The van der Waals surface area contributed by atoms with E-state index in [2.05, 4.69) is 17.0 Å². The number of carbonyl (C=O) groups excluding carboxylic acids is 1. The number of hydrogen-bond donors (Lipinski definition) is 0. The topological polar surface area (TPSA) is 42.0 Å². The van der Waals surface area contributed by atoms with Crippen molar-refractivity contribution in [3.63, 3.8) is 0 Å². The van der Waals surface area contributed by atoms with E-state index in [1.807, 2.05) is 54.3 Å². The molecule has 0 unspecified atom stereocenters. The Hall–Kier alpha value is -2.21. The summed E-state index contributed by atoms with van der Waals surface area (Å²) >= 11 is 0. The first-order valence-corrected chi connectivity index (χ1v) is 10.1. The van der Waals surface area contributed by atoms with Crippen LogP contribution in [0, 0.1) is 0 Å². The van der Waals surface area contributed by atoms with Gasteiger partial charge in [0.2, 0.25) is 0 Å². The van der Waals surface area contributed by atoms with E-state index in [0.717, 1.165) is 56.1 Å². The zero-order valence-electron chi connectivity index (χ0n) is 16.5. The molecule has 1 saturated heterocycles. The van der Waals surface area contributed by atoms with Crippen LogP contribution in [0.1, 0.15) is 24.5 Å². The lowest BCUT2D eigenvalue weighted by Gasteiger charge is -2.28. The van der Waals surface area contributed by atoms with E-state index in [0.29, 0.717) is 13.2 Å². The van der Waals surface area contributed by atoms with E-state index in [9.17, 15) is 4.79 Å². The second-order valence-electron chi connectivity index (χ2n) is 7.58. The average Bonchev–Trinajstić information content (AvgIpc) is 2.95. The van der Waals surface area contributed by atoms with Crippen LogP contribution in [0.5, 0.6) is 0 Å². The third-order valence-corrected chi connectivity index (χ3v) is 5.66. The Labute approximate surface area is 166 Å². The highest BCUT2D eigenvalue weighted by molar-refractivity contribution is 6.06. The minimum atomic E-state index is -0.920. The van der Waals surface area contributed by atoms with Crippen LogP contribution in [-0.2, 0) is 26.4 Å². The smallest absolute Gasteiger partial charge is 0.263 e. The normalized spacial score (nSPS) is 22.5. The molecular formula is C23H28N2O3. The molecule has 2 aliphatic rings. The van der Waals surface area contributed by atoms with Gasteiger partial charge >= 0.3 is 0 Å². The quantitative estimate of drug-likeness (QED) is 0.692. The molecule has 2 aromatic carbocycles. The molecule has 0 aromatic heterocycles. The monoisotopic (exact) mass is 380 g/mol. The molecule has 4 rings (SSSR count). The third-order valence-electron chi connectivity index (χ3n) is 5.66. The number of hydrogen-bond acceptors (Lipinski definition) is 4. The summed E-state index contributed by atoms with van der Waals surface area (Å²) in [5, 5.41) is 0. The maximum Gasteiger partial charge on any atom is 0.263 e. The summed E-state index contributed by atoms with van der Waals surface area (Å²) in [6, 6.07) is 18.1. The molecule has 0 saturated carbocycles. The van der Waals surface area contributed by atoms with Crippen molar-refractivity contribution in [2.45, 2.75) is 25.5 Å². The van der Waals surface area contributed by atoms with Gasteiger partial charge in [0.25, 0.3) is 5.91 Å². The molecule has 0 radical (unpaired) electrons. The molecule has 1 amide bonds. The molecule has 1 atom stereocenters. The first-order valence-electron chi connectivity index (χ1n) is 10.1. The molecule has 0 N–H and O–H groups in total. The highest BCUT2D eigenvalue weighted by atomic mass is 16.5. The molecule has 1 fully saturated rings. The van der Waals surface area contributed by atoms with Gasteiger partial charge in [0.1, 0.15) is 0 Å². The van der Waals surface area contributed by atoms with E-state index in [1.165, 1.54) is 0 Å². The first-order chi connectivity index (χ1) is 13.7. The number of ether oxygens (including phenoxy) is 2. The van der Waals surface area contributed by atoms with E-state index in [-0.39, 0.29) is 5.91 Å². The summed E-state index contributed by atoms with van der Waals surface area (Å²) in [5.74, 6) is 0.0175. The van der Waals surface area contributed by atoms with Crippen LogP contribution in [0.4, 0.5) is 5.69 Å². The summed E-state index contributed by atoms with van der Waals surface area (Å²) in [5.41, 5.74) is 2.10. The van der Waals surface area contributed by atoms with Crippen molar-refractivity contribution >= 4 is 11.6 Å². The van der Waals surface area contributed by atoms with Gasteiger partial charge in [-0.15, -0.1) is 0 Å². The molecule has 2 aliphatic heterocycles. The number of anilines is 1. The Bertz CT molecular complexity index is 805. The fourth-order valence-corrected chi connectivity index (χ4v) is 4.05. The summed E-state index contributed by atoms with van der Waals surface area (Å²) < 4.78 is 11.6. The van der Waals surface area contributed by atoms with Crippen LogP contribution in [0.3, 0.4) is 0 Å². The summed E-state index contributed by atoms with van der Waals surface area (Å²) in [6.45, 7) is 7.57. The van der Waals surface area contributed by atoms with Crippen molar-refractivity contribution in [2.24, 2.45) is 0 Å². The molecule has 0 spiro atoms. The van der Waals surface area contributed by atoms with Gasteiger partial charge in [-0.1, -0.05) is 48.5 Å². The van der Waals surface area contributed by atoms with E-state index < -0.39 is 5.60 Å². The lowest BCUT2D eigenvalue weighted by atomic mass is 9.97. The number of nitrogens with zero attached hydrogens (tertiary/aromatic N) is 2. The van der Waals surface area contributed by atoms with Crippen molar-refractivity contribution in [1.82, 2.24) is 4.90 Å². The molecule has 2 aromatic rings. The average molecular weight is 380 g/mol. The molecule has 0 bridgehead atoms. The van der Waals surface area contributed by atoms with E-state index >= 15 is 0 Å². The molecule has 5 heteroatoms. The fraction of sp³-hybridized carbons (Fsp3) is 0.435. The maximum absolute atomic E-state index is 13.4. The van der Waals surface area contributed by atoms with Gasteiger partial charge in [-0.3, -0.25) is 9.69 Å². The predicted molar refractivity (Wildman–Crippen MR) is 109 cm³/mol. The van der Waals surface area contributed by atoms with Crippen LogP contribution in [-0.4, -0.2) is 50.3 Å². The number of benzene rings is 2. The zero-order chi connectivity index (χ0) is 19.4. The molecular weight excluding hydrogens is 352 g/mol. The van der Waals surface area contributed by atoms with Crippen LogP contribution in [0.15, 0.2) is 54.6 Å². The van der Waals surface area contributed by atoms with Crippen LogP contribution < -0.4 is 4.90 Å². The molecule has 148 valence electrons. The van der Waals surface area contributed by atoms with Gasteiger partial charge in [-0.05, 0) is 25.0 Å². The summed E-state index contributed by atoms with van der Waals surface area (Å²) in [6.07, 6.45) is 0.906. The van der Waals surface area contributed by atoms with E-state index in [4.69, 9.17) is 9.47 Å². The Balaban J connectivity index is 1.44. The Morgan fingerprint density at radius 3 is 2.54 bits per heavy atom. The highest BCUT2D eigenvalue weighted by Crippen LogP contribution is 2.43. The Morgan fingerprint density at radius 2 is 1.75 bits per heavy atom. The molecule has 2 heterocycles. The summed E-state index contributed by atoms with van der Waals surface area (Å²) in [7, 11) is 0. The van der Waals surface area contributed by atoms with Crippen molar-refractivity contribution < 1.29 is 14.3 Å². The van der Waals surface area contributed by atoms with Gasteiger partial charge in [-0.25, -0.2) is 0 Å². The fourth-order valence-electron chi connectivity index (χ4n) is 4.05. The standard InChI is InChI=1S/C23H28N2O3/c1-23(28-15-7-12-24-13-16-27-17-14-24)20-10-5-6-11-21(20)25(22(23)26)18-19-8-3-2-4-9-19/h2-6,8-11H,7,12-18H2,1H3/t23-/m1/s1. The number of carbonyl (C=O) groups is 1. The Kier molecular flexibility index (Phi) is 5.76. The molecule has 0 aliphatic carbocycles. The predicted octanol–water partition coefficient (Wildman–Crippen LogP) is 3.19. The molecule has 5 nitrogen and oxygen atoms in total. The number of rotatable bonds is 7. The van der Waals surface area contributed by atoms with Gasteiger partial charge in [0.15, 0.2) is 5.60 Å². The van der Waals surface area contributed by atoms with Crippen molar-refractivity contribution in [1.29, 1.82) is 0 Å². The third kappa shape index (κ3) is 3.83. The lowest BCUT2D eigenvalue weighted by Crippen LogP contribution is -2.41. The van der Waals surface area contributed by atoms with Gasteiger partial charge < -0.3 is 14.4 Å². The lowest BCUT2D eigenvalue weighted by molar-refractivity contribution is -0.141. The second kappa shape index (κ2) is 8.43. The number of fused-ring (bicyclic) bond motifs is 1. The number of morpholine rings is 1. The Morgan fingerprint density at radius 1 is 1.04 bits per heavy atom. The number of amides is 1. The van der Waals surface area contributed by atoms with Gasteiger partial charge in [-0.2, -0.15) is 0 Å². The molecule has 28 heavy (non-hydrogen) atoms. The van der Waals surface area contributed by atoms with Crippen molar-refractivity contribution in [3.8, 4) is 0 Å². The van der Waals surface area contributed by atoms with E-state index in [1.54, 1.807) is 0 Å². The van der Waals surface area contributed by atoms with Crippen molar-refractivity contribution in [3.05, 3.63) is 65.7 Å². The van der Waals surface area contributed by atoms with Gasteiger partial charge in [0.05, 0.1) is 25.4 Å². The number of para-hydroxylation sites is 1. The maximum atomic E-state index is 13.4. The minimum Gasteiger partial charge on any atom is -0.379 e. The zero-order valence-corrected chi connectivity index (χ0v) is 16.5. The van der Waals surface area contributed by atoms with Crippen molar-refractivity contribution in [2.75, 3.05) is 44.4 Å². The first kappa shape index (κ1) is 19.1. The van der Waals surface area contributed by atoms with Gasteiger partial charge in [0, 0.05) is 31.8 Å². The largest absolute Gasteiger partial charge is 0.379 e. The minimum absolute atomic E-state index is 0.0175. The van der Waals surface area contributed by atoms with Crippen LogP contribution in [0.2, 0.25) is 0 Å². The summed E-state index contributed by atoms with van der Waals surface area (Å²) in [4.78, 5) is 17.6. The van der Waals surface area contributed by atoms with Crippen LogP contribution in [0.25, 0.3) is 0 Å². The second-order valence-corrected chi connectivity index (χ2v) is 7.58.